The van der Waals surface area contributed by atoms with Gasteiger partial charge in [0.15, 0.2) is 0 Å². The van der Waals surface area contributed by atoms with Crippen LogP contribution in [0.2, 0.25) is 0 Å². The van der Waals surface area contributed by atoms with E-state index in [1.54, 1.807) is 32.0 Å². The van der Waals surface area contributed by atoms with E-state index in [0.717, 1.165) is 16.7 Å². The molecule has 0 radical (unpaired) electrons. The third-order valence-corrected chi connectivity index (χ3v) is 4.53. The summed E-state index contributed by atoms with van der Waals surface area (Å²) in [6, 6.07) is 11.6. The van der Waals surface area contributed by atoms with Gasteiger partial charge in [-0.2, -0.15) is 0 Å². The van der Waals surface area contributed by atoms with Gasteiger partial charge in [-0.3, -0.25) is 0 Å². The van der Waals surface area contributed by atoms with E-state index in [1.165, 1.54) is 12.1 Å². The molecule has 0 spiro atoms. The van der Waals surface area contributed by atoms with Gasteiger partial charge in [0.05, 0.1) is 10.9 Å². The first-order valence-corrected chi connectivity index (χ1v) is 8.59. The Morgan fingerprint density at radius 2 is 1.52 bits per heavy atom. The van der Waals surface area contributed by atoms with Crippen LogP contribution in [0.25, 0.3) is 0 Å². The van der Waals surface area contributed by atoms with Gasteiger partial charge in [-0.05, 0) is 44.0 Å². The van der Waals surface area contributed by atoms with Crippen molar-refractivity contribution < 1.29 is 18.8 Å². The van der Waals surface area contributed by atoms with Crippen molar-refractivity contribution in [2.45, 2.75) is 20.8 Å². The van der Waals surface area contributed by atoms with Gasteiger partial charge in [-0.15, -0.1) is 13.2 Å². The molecule has 23 heavy (non-hydrogen) atoms. The Balaban J connectivity index is 0.00000127. The summed E-state index contributed by atoms with van der Waals surface area (Å²) < 4.78 is 17.1. The predicted octanol–water partition coefficient (Wildman–Crippen LogP) is 4.08. The van der Waals surface area contributed by atoms with Gasteiger partial charge in [-0.1, -0.05) is 35.9 Å². The maximum Gasteiger partial charge on any atom is 0.410 e. The van der Waals surface area contributed by atoms with E-state index in [0.29, 0.717) is 5.56 Å². The minimum Gasteiger partial charge on any atom is -0.385 e. The van der Waals surface area contributed by atoms with Crippen LogP contribution < -0.4 is 5.30 Å². The van der Waals surface area contributed by atoms with Crippen LogP contribution in [-0.4, -0.2) is 10.9 Å². The fraction of sp³-hybridized carbons (Fsp3) is 0.167. The number of hydrogen-bond donors (Lipinski definition) is 1. The van der Waals surface area contributed by atoms with Crippen molar-refractivity contribution in [3.63, 3.8) is 0 Å². The maximum absolute atomic E-state index is 12.2. The summed E-state index contributed by atoms with van der Waals surface area (Å²) in [6.07, 6.45) is 0. The molecule has 2 aromatic rings. The summed E-state index contributed by atoms with van der Waals surface area (Å²) in [5, 5.41) is 0.0979. The zero-order valence-electron chi connectivity index (χ0n) is 13.6. The molecule has 0 aliphatic rings. The molecule has 1 atom stereocenters. The molecule has 2 aromatic carbocycles. The van der Waals surface area contributed by atoms with Gasteiger partial charge >= 0.3 is 13.6 Å². The van der Waals surface area contributed by atoms with Crippen molar-refractivity contribution in [2.24, 2.45) is 0 Å². The van der Waals surface area contributed by atoms with E-state index in [-0.39, 0.29) is 5.30 Å². The van der Waals surface area contributed by atoms with E-state index in [4.69, 9.17) is 4.52 Å². The van der Waals surface area contributed by atoms with E-state index >= 15 is 0 Å². The fourth-order valence-corrected chi connectivity index (χ4v) is 3.30. The van der Waals surface area contributed by atoms with Crippen molar-refractivity contribution in [2.75, 3.05) is 0 Å². The van der Waals surface area contributed by atoms with Crippen molar-refractivity contribution >= 4 is 18.9 Å². The molecule has 0 aliphatic heterocycles. The van der Waals surface area contributed by atoms with Crippen molar-refractivity contribution in [3.8, 4) is 0 Å². The third kappa shape index (κ3) is 4.65. The van der Waals surface area contributed by atoms with Gasteiger partial charge in [0, 0.05) is 0 Å². The minimum absolute atomic E-state index is 0.0979. The van der Waals surface area contributed by atoms with Crippen LogP contribution in [0.4, 0.5) is 0 Å². The van der Waals surface area contributed by atoms with Gasteiger partial charge < -0.3 is 9.42 Å². The van der Waals surface area contributed by atoms with E-state index in [1.807, 2.05) is 19.1 Å². The zero-order chi connectivity index (χ0) is 17.6. The summed E-state index contributed by atoms with van der Waals surface area (Å²) in [5.41, 5.74) is 2.82. The Labute approximate surface area is 137 Å². The molecule has 0 saturated heterocycles. The molecular formula is C18H21O4P. The second-order valence-corrected chi connectivity index (χ2v) is 6.75. The first-order chi connectivity index (χ1) is 10.8. The number of carbonyl (C=O) groups is 1. The lowest BCUT2D eigenvalue weighted by Crippen LogP contribution is -2.13. The first-order valence-electron chi connectivity index (χ1n) is 7.01. The molecule has 0 heterocycles. The summed E-state index contributed by atoms with van der Waals surface area (Å²) >= 11 is 0. The SMILES string of the molecule is C=C.Cc1cc(C)c(C(=O)OP(=O)(O)c2ccccc2)c(C)c1. The van der Waals surface area contributed by atoms with Crippen molar-refractivity contribution in [1.82, 2.24) is 0 Å². The smallest absolute Gasteiger partial charge is 0.385 e. The van der Waals surface area contributed by atoms with Crippen LogP contribution in [0.5, 0.6) is 0 Å². The second kappa shape index (κ2) is 7.91. The molecule has 0 fully saturated rings. The van der Waals surface area contributed by atoms with Gasteiger partial charge in [0.1, 0.15) is 0 Å². The summed E-state index contributed by atoms with van der Waals surface area (Å²) in [5.74, 6) is -0.778. The lowest BCUT2D eigenvalue weighted by atomic mass is 10.0. The van der Waals surface area contributed by atoms with Gasteiger partial charge in [-0.25, -0.2) is 9.36 Å². The van der Waals surface area contributed by atoms with Gasteiger partial charge in [0.25, 0.3) is 0 Å². The average Bonchev–Trinajstić information content (AvgIpc) is 2.48. The first kappa shape index (κ1) is 18.9. The molecule has 1 unspecified atom stereocenters. The van der Waals surface area contributed by atoms with Crippen LogP contribution in [-0.2, 0) is 9.09 Å². The van der Waals surface area contributed by atoms with Crippen LogP contribution in [0.3, 0.4) is 0 Å². The van der Waals surface area contributed by atoms with Crippen molar-refractivity contribution in [3.05, 3.63) is 77.9 Å². The Bertz CT molecular complexity index is 715. The number of rotatable bonds is 3. The molecule has 0 bridgehead atoms. The van der Waals surface area contributed by atoms with Crippen LogP contribution in [0, 0.1) is 20.8 Å². The highest BCUT2D eigenvalue weighted by atomic mass is 31.2. The fourth-order valence-electron chi connectivity index (χ4n) is 2.33. The van der Waals surface area contributed by atoms with Crippen LogP contribution >= 0.6 is 7.60 Å². The minimum atomic E-state index is -4.17. The molecule has 122 valence electrons. The molecule has 4 nitrogen and oxygen atoms in total. The average molecular weight is 332 g/mol. The van der Waals surface area contributed by atoms with Gasteiger partial charge in [0.2, 0.25) is 0 Å². The Hall–Kier alpha value is -2.16. The molecule has 0 amide bonds. The molecule has 2 rings (SSSR count). The molecule has 1 N–H and O–H groups in total. The lowest BCUT2D eigenvalue weighted by molar-refractivity contribution is 0.0721. The monoisotopic (exact) mass is 332 g/mol. The normalized spacial score (nSPS) is 12.5. The van der Waals surface area contributed by atoms with E-state index in [9.17, 15) is 14.3 Å². The Morgan fingerprint density at radius 1 is 1.04 bits per heavy atom. The third-order valence-electron chi connectivity index (χ3n) is 3.17. The number of carbonyl (C=O) groups excluding carboxylic acids is 1. The highest BCUT2D eigenvalue weighted by Gasteiger charge is 2.28. The summed E-state index contributed by atoms with van der Waals surface area (Å²) in [4.78, 5) is 22.2. The quantitative estimate of drug-likeness (QED) is 0.679. The Kier molecular flexibility index (Phi) is 6.49. The highest BCUT2D eigenvalue weighted by molar-refractivity contribution is 7.61. The molecule has 0 aliphatic carbocycles. The van der Waals surface area contributed by atoms with Crippen LogP contribution in [0.1, 0.15) is 27.0 Å². The molecule has 0 saturated carbocycles. The largest absolute Gasteiger partial charge is 0.410 e. The summed E-state index contributed by atoms with van der Waals surface area (Å²) in [6.45, 7) is 11.5. The standard InChI is InChI=1S/C16H17O4P.C2H4/c1-11-9-12(2)15(13(3)10-11)16(17)20-21(18,19)14-7-5-4-6-8-14;1-2/h4-10H,1-3H3,(H,18,19);1-2H2. The number of benzene rings is 2. The maximum atomic E-state index is 12.2. The zero-order valence-corrected chi connectivity index (χ0v) is 14.5. The molecular weight excluding hydrogens is 311 g/mol. The van der Waals surface area contributed by atoms with E-state index < -0.39 is 13.6 Å². The van der Waals surface area contributed by atoms with Crippen molar-refractivity contribution in [1.29, 1.82) is 0 Å². The number of hydrogen-bond acceptors (Lipinski definition) is 3. The predicted molar refractivity (Wildman–Crippen MR) is 93.2 cm³/mol. The second-order valence-electron chi connectivity index (χ2n) is 5.01. The highest BCUT2D eigenvalue weighted by Crippen LogP contribution is 2.41. The Morgan fingerprint density at radius 3 is 2.00 bits per heavy atom. The summed E-state index contributed by atoms with van der Waals surface area (Å²) in [7, 11) is -4.17. The topological polar surface area (TPSA) is 63.6 Å². The molecule has 0 aromatic heterocycles. The molecule has 5 heteroatoms. The van der Waals surface area contributed by atoms with E-state index in [2.05, 4.69) is 13.2 Å². The lowest BCUT2D eigenvalue weighted by Gasteiger charge is -2.15. The van der Waals surface area contributed by atoms with Crippen LogP contribution in [0.15, 0.2) is 55.6 Å². The number of aryl methyl sites for hydroxylation is 3.